The number of nitrogens with one attached hydrogen (secondary N) is 1. The fraction of sp³-hybridized carbons (Fsp3) is 0.0952. The number of aromatic nitrogens is 6. The van der Waals surface area contributed by atoms with Gasteiger partial charge in [-0.15, -0.1) is 0 Å². The van der Waals surface area contributed by atoms with E-state index in [1.165, 1.54) is 29.8 Å². The zero-order valence-corrected chi connectivity index (χ0v) is 17.4. The average Bonchev–Trinajstić information content (AvgIpc) is 3.45. The second-order valence-corrected chi connectivity index (χ2v) is 7.84. The molecule has 0 saturated carbocycles. The van der Waals surface area contributed by atoms with Crippen LogP contribution in [0.5, 0.6) is 0 Å². The number of nitrogens with zero attached hydrogens (tertiary/aromatic N) is 6. The van der Waals surface area contributed by atoms with Gasteiger partial charge in [0.15, 0.2) is 4.96 Å². The number of anilines is 1. The molecule has 5 aromatic rings. The maximum absolute atomic E-state index is 13.2. The van der Waals surface area contributed by atoms with Gasteiger partial charge in [0, 0.05) is 35.9 Å². The molecule has 1 amide bonds. The highest BCUT2D eigenvalue weighted by atomic mass is 32.1. The zero-order chi connectivity index (χ0) is 21.5. The van der Waals surface area contributed by atoms with Crippen molar-refractivity contribution in [2.45, 2.75) is 13.8 Å². The normalized spacial score (nSPS) is 11.2. The summed E-state index contributed by atoms with van der Waals surface area (Å²) >= 11 is 1.28. The minimum absolute atomic E-state index is 0.275. The predicted molar refractivity (Wildman–Crippen MR) is 115 cm³/mol. The van der Waals surface area contributed by atoms with Crippen LogP contribution in [0.3, 0.4) is 0 Å². The third-order valence-electron chi connectivity index (χ3n) is 4.87. The fourth-order valence-corrected chi connectivity index (χ4v) is 4.27. The highest BCUT2D eigenvalue weighted by Gasteiger charge is 2.19. The van der Waals surface area contributed by atoms with E-state index in [9.17, 15) is 9.18 Å². The predicted octanol–water partition coefficient (Wildman–Crippen LogP) is 4.05. The Morgan fingerprint density at radius 1 is 1.13 bits per heavy atom. The van der Waals surface area contributed by atoms with Crippen molar-refractivity contribution in [3.63, 3.8) is 0 Å². The van der Waals surface area contributed by atoms with Gasteiger partial charge in [0.05, 0.1) is 5.69 Å². The number of aryl methyl sites for hydroxylation is 2. The largest absolute Gasteiger partial charge is 0.306 e. The quantitative estimate of drug-likeness (QED) is 0.462. The summed E-state index contributed by atoms with van der Waals surface area (Å²) < 4.78 is 16.8. The summed E-state index contributed by atoms with van der Waals surface area (Å²) in [5, 5.41) is 2.83. The molecule has 0 aliphatic heterocycles. The van der Waals surface area contributed by atoms with Crippen LogP contribution in [0.15, 0.2) is 55.2 Å². The molecule has 154 valence electrons. The lowest BCUT2D eigenvalue weighted by Crippen LogP contribution is -2.14. The van der Waals surface area contributed by atoms with Gasteiger partial charge in [-0.1, -0.05) is 11.3 Å². The van der Waals surface area contributed by atoms with Crippen molar-refractivity contribution >= 4 is 28.0 Å². The van der Waals surface area contributed by atoms with Gasteiger partial charge < -0.3 is 5.32 Å². The van der Waals surface area contributed by atoms with Crippen LogP contribution in [0.25, 0.3) is 22.0 Å². The summed E-state index contributed by atoms with van der Waals surface area (Å²) in [6, 6.07) is 7.84. The molecule has 0 spiro atoms. The lowest BCUT2D eigenvalue weighted by molar-refractivity contribution is 0.102. The number of hydrogen-bond acceptors (Lipinski definition) is 6. The van der Waals surface area contributed by atoms with Crippen molar-refractivity contribution < 1.29 is 9.18 Å². The summed E-state index contributed by atoms with van der Waals surface area (Å²) in [4.78, 5) is 31.3. The molecule has 5 rings (SSSR count). The fourth-order valence-electron chi connectivity index (χ4n) is 3.26. The van der Waals surface area contributed by atoms with E-state index >= 15 is 0 Å². The third kappa shape index (κ3) is 3.46. The maximum atomic E-state index is 13.2. The monoisotopic (exact) mass is 433 g/mol. The first kappa shape index (κ1) is 19.1. The van der Waals surface area contributed by atoms with Gasteiger partial charge in [0.25, 0.3) is 5.91 Å². The number of amides is 1. The van der Waals surface area contributed by atoms with E-state index in [2.05, 4.69) is 25.3 Å². The molecule has 0 atom stereocenters. The number of hydrogen-bond donors (Lipinski definition) is 1. The summed E-state index contributed by atoms with van der Waals surface area (Å²) in [6.45, 7) is 3.72. The zero-order valence-electron chi connectivity index (χ0n) is 16.6. The van der Waals surface area contributed by atoms with E-state index in [-0.39, 0.29) is 11.7 Å². The Labute approximate surface area is 180 Å². The highest BCUT2D eigenvalue weighted by molar-refractivity contribution is 7.19. The van der Waals surface area contributed by atoms with Crippen LogP contribution in [0, 0.1) is 19.7 Å². The third-order valence-corrected chi connectivity index (χ3v) is 6.03. The van der Waals surface area contributed by atoms with E-state index in [0.717, 1.165) is 22.8 Å². The minimum atomic E-state index is -0.295. The number of imidazole rings is 2. The van der Waals surface area contributed by atoms with E-state index in [0.29, 0.717) is 21.5 Å². The second kappa shape index (κ2) is 7.40. The number of rotatable bonds is 4. The smallest absolute Gasteiger partial charge is 0.268 e. The Balaban J connectivity index is 1.41. The Hall–Kier alpha value is -3.92. The van der Waals surface area contributed by atoms with Crippen LogP contribution >= 0.6 is 11.3 Å². The number of benzene rings is 1. The van der Waals surface area contributed by atoms with Crippen LogP contribution in [-0.2, 0) is 0 Å². The van der Waals surface area contributed by atoms with Crippen LogP contribution in [0.1, 0.15) is 21.2 Å². The molecule has 10 heteroatoms. The lowest BCUT2D eigenvalue weighted by atomic mass is 10.2. The number of carbonyl (C=O) groups is 1. The van der Waals surface area contributed by atoms with Gasteiger partial charge in [0.1, 0.15) is 34.5 Å². The minimum Gasteiger partial charge on any atom is -0.306 e. The topological polar surface area (TPSA) is 90.0 Å². The molecule has 0 saturated heterocycles. The molecule has 1 aromatic carbocycles. The molecule has 0 aliphatic carbocycles. The molecule has 4 heterocycles. The first-order valence-electron chi connectivity index (χ1n) is 9.38. The van der Waals surface area contributed by atoms with Crippen LogP contribution in [0.4, 0.5) is 10.2 Å². The van der Waals surface area contributed by atoms with Crippen molar-refractivity contribution in [2.24, 2.45) is 0 Å². The first-order valence-corrected chi connectivity index (χ1v) is 10.2. The van der Waals surface area contributed by atoms with Gasteiger partial charge in [-0.3, -0.25) is 13.8 Å². The van der Waals surface area contributed by atoms with E-state index in [1.807, 2.05) is 24.4 Å². The highest BCUT2D eigenvalue weighted by Crippen LogP contribution is 2.28. The summed E-state index contributed by atoms with van der Waals surface area (Å²) in [7, 11) is 0. The Morgan fingerprint density at radius 3 is 2.65 bits per heavy atom. The second-order valence-electron chi connectivity index (χ2n) is 6.86. The molecule has 0 radical (unpaired) electrons. The van der Waals surface area contributed by atoms with Crippen LogP contribution in [0.2, 0.25) is 0 Å². The molecule has 0 fully saturated rings. The van der Waals surface area contributed by atoms with Crippen molar-refractivity contribution in [3.05, 3.63) is 77.5 Å². The molecule has 4 aromatic heterocycles. The summed E-state index contributed by atoms with van der Waals surface area (Å²) in [5.41, 5.74) is 2.29. The van der Waals surface area contributed by atoms with Crippen LogP contribution < -0.4 is 5.32 Å². The van der Waals surface area contributed by atoms with Crippen molar-refractivity contribution in [1.82, 2.24) is 28.9 Å². The standard InChI is InChI=1S/C21H16FN7OS/c1-12-19(31-21-26-16(10-29(12)21)14-3-5-15(22)6-4-14)20(30)27-17-9-18(25-11-24-17)28-8-7-23-13(28)2/h3-11H,1-2H3,(H,24,25,27,30). The average molecular weight is 433 g/mol. The molecule has 0 unspecified atom stereocenters. The molecular formula is C21H16FN7OS. The van der Waals surface area contributed by atoms with Gasteiger partial charge >= 0.3 is 0 Å². The molecule has 8 nitrogen and oxygen atoms in total. The van der Waals surface area contributed by atoms with E-state index in [1.54, 1.807) is 35.2 Å². The molecule has 31 heavy (non-hydrogen) atoms. The van der Waals surface area contributed by atoms with Crippen molar-refractivity contribution in [2.75, 3.05) is 5.32 Å². The molecule has 1 N–H and O–H groups in total. The van der Waals surface area contributed by atoms with Gasteiger partial charge in [-0.25, -0.2) is 24.3 Å². The van der Waals surface area contributed by atoms with Gasteiger partial charge in [-0.2, -0.15) is 0 Å². The number of halogens is 1. The van der Waals surface area contributed by atoms with Crippen molar-refractivity contribution in [3.8, 4) is 17.1 Å². The van der Waals surface area contributed by atoms with Gasteiger partial charge in [-0.05, 0) is 38.1 Å². The Kier molecular flexibility index (Phi) is 4.55. The molecular weight excluding hydrogens is 417 g/mol. The van der Waals surface area contributed by atoms with E-state index in [4.69, 9.17) is 0 Å². The summed E-state index contributed by atoms with van der Waals surface area (Å²) in [5.74, 6) is 1.21. The SMILES string of the molecule is Cc1nccn1-c1cc(NC(=O)c2sc3nc(-c4ccc(F)cc4)cn3c2C)ncn1. The Morgan fingerprint density at radius 2 is 1.94 bits per heavy atom. The number of carbonyl (C=O) groups excluding carboxylic acids is 1. The summed E-state index contributed by atoms with van der Waals surface area (Å²) in [6.07, 6.45) is 6.71. The first-order chi connectivity index (χ1) is 15.0. The lowest BCUT2D eigenvalue weighted by Gasteiger charge is -2.07. The van der Waals surface area contributed by atoms with E-state index < -0.39 is 0 Å². The Bertz CT molecular complexity index is 1420. The number of thiazole rings is 1. The van der Waals surface area contributed by atoms with Crippen molar-refractivity contribution in [1.29, 1.82) is 0 Å². The number of fused-ring (bicyclic) bond motifs is 1. The van der Waals surface area contributed by atoms with Gasteiger partial charge in [0.2, 0.25) is 0 Å². The molecule has 0 bridgehead atoms. The van der Waals surface area contributed by atoms with Crippen LogP contribution in [-0.4, -0.2) is 34.8 Å². The molecule has 0 aliphatic rings. The maximum Gasteiger partial charge on any atom is 0.268 e.